The van der Waals surface area contributed by atoms with E-state index in [-0.39, 0.29) is 5.91 Å². The Labute approximate surface area is 221 Å². The van der Waals surface area contributed by atoms with Crippen LogP contribution >= 0.6 is 0 Å². The zero-order valence-corrected chi connectivity index (χ0v) is 22.5. The Bertz CT molecular complexity index is 1520. The van der Waals surface area contributed by atoms with E-state index in [4.69, 9.17) is 30.4 Å². The van der Waals surface area contributed by atoms with Crippen LogP contribution in [0.3, 0.4) is 0 Å². The number of rotatable bonds is 6. The highest BCUT2D eigenvalue weighted by molar-refractivity contribution is 5.86. The van der Waals surface area contributed by atoms with Crippen molar-refractivity contribution in [3.63, 3.8) is 0 Å². The number of anilines is 1. The molecule has 0 spiro atoms. The standard InChI is InChI=1S/C27H35N9O2/c1-17-29-19-7-5-6-8-20(19)36(17)26-31-23-22(24(32-26)34-11-13-38-14-12-34)30-21(33(23)4)15-18-9-10-35(16-18)27(2,3)25(28)37/h5-8,18H,9-16H2,1-4H3,(H2,28,37). The number of imidazole rings is 2. The molecule has 0 bridgehead atoms. The lowest BCUT2D eigenvalue weighted by Crippen LogP contribution is -2.52. The molecule has 3 aromatic heterocycles. The number of para-hydroxylation sites is 2. The molecule has 2 fully saturated rings. The average Bonchev–Trinajstić information content (AvgIpc) is 3.60. The molecule has 6 rings (SSSR count). The zero-order chi connectivity index (χ0) is 26.6. The maximum absolute atomic E-state index is 12.0. The lowest BCUT2D eigenvalue weighted by atomic mass is 10.0. The number of benzene rings is 1. The smallest absolute Gasteiger partial charge is 0.239 e. The van der Waals surface area contributed by atoms with E-state index in [1.807, 2.05) is 56.7 Å². The fraction of sp³-hybridized carbons (Fsp3) is 0.519. The Balaban J connectivity index is 1.41. The summed E-state index contributed by atoms with van der Waals surface area (Å²) >= 11 is 0. The van der Waals surface area contributed by atoms with Gasteiger partial charge in [-0.3, -0.25) is 14.3 Å². The average molecular weight is 518 g/mol. The van der Waals surface area contributed by atoms with Crippen molar-refractivity contribution in [2.75, 3.05) is 44.3 Å². The van der Waals surface area contributed by atoms with Crippen molar-refractivity contribution < 1.29 is 9.53 Å². The van der Waals surface area contributed by atoms with Crippen molar-refractivity contribution in [3.8, 4) is 5.95 Å². The molecule has 38 heavy (non-hydrogen) atoms. The van der Waals surface area contributed by atoms with Crippen molar-refractivity contribution in [2.45, 2.75) is 39.2 Å². The van der Waals surface area contributed by atoms with Gasteiger partial charge in [0.25, 0.3) is 0 Å². The molecule has 200 valence electrons. The van der Waals surface area contributed by atoms with E-state index < -0.39 is 5.54 Å². The van der Waals surface area contributed by atoms with Gasteiger partial charge in [0.1, 0.15) is 11.6 Å². The lowest BCUT2D eigenvalue weighted by Gasteiger charge is -2.32. The van der Waals surface area contributed by atoms with Gasteiger partial charge in [0.05, 0.1) is 29.8 Å². The number of morpholine rings is 1. The number of amides is 1. The third kappa shape index (κ3) is 4.10. The van der Waals surface area contributed by atoms with Crippen LogP contribution in [0.2, 0.25) is 0 Å². The van der Waals surface area contributed by atoms with Crippen LogP contribution in [0.4, 0.5) is 5.82 Å². The Hall–Kier alpha value is -3.57. The minimum Gasteiger partial charge on any atom is -0.378 e. The molecule has 1 aromatic carbocycles. The molecule has 0 radical (unpaired) electrons. The zero-order valence-electron chi connectivity index (χ0n) is 22.5. The second kappa shape index (κ2) is 9.32. The molecular weight excluding hydrogens is 482 g/mol. The van der Waals surface area contributed by atoms with Gasteiger partial charge in [-0.2, -0.15) is 9.97 Å². The fourth-order valence-electron chi connectivity index (χ4n) is 5.68. The monoisotopic (exact) mass is 517 g/mol. The predicted molar refractivity (Wildman–Crippen MR) is 145 cm³/mol. The molecule has 1 amide bonds. The van der Waals surface area contributed by atoms with Crippen molar-refractivity contribution in [2.24, 2.45) is 18.7 Å². The number of likely N-dealkylation sites (tertiary alicyclic amines) is 1. The molecule has 0 saturated carbocycles. The van der Waals surface area contributed by atoms with E-state index >= 15 is 0 Å². The van der Waals surface area contributed by atoms with Gasteiger partial charge >= 0.3 is 0 Å². The highest BCUT2D eigenvalue weighted by atomic mass is 16.5. The molecule has 11 heteroatoms. The van der Waals surface area contributed by atoms with E-state index in [1.54, 1.807) is 0 Å². The first-order valence-corrected chi connectivity index (χ1v) is 13.3. The molecule has 11 nitrogen and oxygen atoms in total. The third-order valence-corrected chi connectivity index (χ3v) is 8.17. The molecular formula is C27H35N9O2. The predicted octanol–water partition coefficient (Wildman–Crippen LogP) is 1.98. The Morgan fingerprint density at radius 3 is 2.63 bits per heavy atom. The van der Waals surface area contributed by atoms with Crippen molar-refractivity contribution in [1.29, 1.82) is 0 Å². The van der Waals surface area contributed by atoms with Crippen molar-refractivity contribution in [1.82, 2.24) is 34.0 Å². The minimum absolute atomic E-state index is 0.291. The number of carbonyl (C=O) groups is 1. The van der Waals surface area contributed by atoms with Crippen molar-refractivity contribution in [3.05, 3.63) is 35.9 Å². The number of carbonyl (C=O) groups excluding carboxylic acids is 1. The van der Waals surface area contributed by atoms with Crippen LogP contribution in [0.15, 0.2) is 24.3 Å². The van der Waals surface area contributed by atoms with Crippen LogP contribution < -0.4 is 10.6 Å². The summed E-state index contributed by atoms with van der Waals surface area (Å²) < 4.78 is 9.74. The van der Waals surface area contributed by atoms with Gasteiger partial charge in [-0.15, -0.1) is 0 Å². The second-order valence-electron chi connectivity index (χ2n) is 10.9. The lowest BCUT2D eigenvalue weighted by molar-refractivity contribution is -0.127. The first-order valence-electron chi connectivity index (χ1n) is 13.3. The van der Waals surface area contributed by atoms with Gasteiger partial charge in [0, 0.05) is 33.1 Å². The summed E-state index contributed by atoms with van der Waals surface area (Å²) in [5.41, 5.74) is 8.52. The molecule has 1 unspecified atom stereocenters. The van der Waals surface area contributed by atoms with Crippen LogP contribution in [-0.4, -0.2) is 84.8 Å². The number of primary amides is 1. The van der Waals surface area contributed by atoms with E-state index in [0.717, 1.165) is 78.7 Å². The van der Waals surface area contributed by atoms with Crippen LogP contribution in [0.25, 0.3) is 28.1 Å². The minimum atomic E-state index is -0.656. The van der Waals surface area contributed by atoms with Crippen LogP contribution in [0.5, 0.6) is 0 Å². The van der Waals surface area contributed by atoms with Gasteiger partial charge in [-0.05, 0) is 51.8 Å². The maximum atomic E-state index is 12.0. The van der Waals surface area contributed by atoms with Gasteiger partial charge in [-0.25, -0.2) is 9.97 Å². The number of hydrogen-bond donors (Lipinski definition) is 1. The molecule has 2 saturated heterocycles. The molecule has 2 aliphatic rings. The summed E-state index contributed by atoms with van der Waals surface area (Å²) in [6.45, 7) is 10.3. The highest BCUT2D eigenvalue weighted by Crippen LogP contribution is 2.31. The van der Waals surface area contributed by atoms with Crippen LogP contribution in [0, 0.1) is 12.8 Å². The summed E-state index contributed by atoms with van der Waals surface area (Å²) in [5.74, 6) is 3.32. The molecule has 1 atom stereocenters. The summed E-state index contributed by atoms with van der Waals surface area (Å²) in [6, 6.07) is 8.05. The first kappa shape index (κ1) is 24.7. The summed E-state index contributed by atoms with van der Waals surface area (Å²) in [4.78, 5) is 36.4. The molecule has 2 aliphatic heterocycles. The maximum Gasteiger partial charge on any atom is 0.239 e. The SMILES string of the molecule is Cc1nc2ccccc2n1-c1nc(N2CCOCC2)c2nc(CC3CCN(C(C)(C)C(N)=O)C3)n(C)c2n1. The quantitative estimate of drug-likeness (QED) is 0.412. The van der Waals surface area contributed by atoms with Crippen molar-refractivity contribution >= 4 is 33.9 Å². The third-order valence-electron chi connectivity index (χ3n) is 8.17. The number of aryl methyl sites for hydroxylation is 2. The van der Waals surface area contributed by atoms with E-state index in [9.17, 15) is 4.79 Å². The summed E-state index contributed by atoms with van der Waals surface area (Å²) in [5, 5.41) is 0. The first-order chi connectivity index (χ1) is 18.2. The number of nitrogens with two attached hydrogens (primary N) is 1. The van der Waals surface area contributed by atoms with Gasteiger partial charge < -0.3 is 19.9 Å². The van der Waals surface area contributed by atoms with Crippen LogP contribution in [-0.2, 0) is 23.0 Å². The fourth-order valence-corrected chi connectivity index (χ4v) is 5.68. The van der Waals surface area contributed by atoms with E-state index in [2.05, 4.69) is 14.4 Å². The second-order valence-corrected chi connectivity index (χ2v) is 10.9. The molecule has 5 heterocycles. The molecule has 0 aliphatic carbocycles. The number of hydrogen-bond acceptors (Lipinski definition) is 8. The number of aromatic nitrogens is 6. The summed E-state index contributed by atoms with van der Waals surface area (Å²) in [6.07, 6.45) is 1.79. The van der Waals surface area contributed by atoms with E-state index in [1.165, 1.54) is 0 Å². The summed E-state index contributed by atoms with van der Waals surface area (Å²) in [7, 11) is 2.03. The topological polar surface area (TPSA) is 120 Å². The Morgan fingerprint density at radius 2 is 1.87 bits per heavy atom. The van der Waals surface area contributed by atoms with Gasteiger partial charge in [0.15, 0.2) is 17.0 Å². The Morgan fingerprint density at radius 1 is 1.11 bits per heavy atom. The van der Waals surface area contributed by atoms with Crippen LogP contribution in [0.1, 0.15) is 31.9 Å². The normalized spacial score (nSPS) is 19.2. The Kier molecular flexibility index (Phi) is 6.07. The van der Waals surface area contributed by atoms with Gasteiger partial charge in [-0.1, -0.05) is 12.1 Å². The van der Waals surface area contributed by atoms with E-state index in [0.29, 0.717) is 25.1 Å². The van der Waals surface area contributed by atoms with Gasteiger partial charge in [0.2, 0.25) is 11.9 Å². The number of fused-ring (bicyclic) bond motifs is 2. The molecule has 2 N–H and O–H groups in total. The molecule has 4 aromatic rings. The highest BCUT2D eigenvalue weighted by Gasteiger charge is 2.38. The number of ether oxygens (including phenoxy) is 1. The largest absolute Gasteiger partial charge is 0.378 e. The number of nitrogens with zero attached hydrogens (tertiary/aromatic N) is 8.